The zero-order valence-corrected chi connectivity index (χ0v) is 15.1. The lowest BCUT2D eigenvalue weighted by atomic mass is 9.57. The minimum atomic E-state index is -0.357. The van der Waals surface area contributed by atoms with Crippen molar-refractivity contribution in [3.05, 3.63) is 12.2 Å². The summed E-state index contributed by atoms with van der Waals surface area (Å²) in [5.41, 5.74) is -0.218. The van der Waals surface area contributed by atoms with Crippen LogP contribution in [0.2, 0.25) is 0 Å². The molecule has 0 aromatic rings. The Morgan fingerprint density at radius 2 is 2.04 bits per heavy atom. The van der Waals surface area contributed by atoms with Crippen LogP contribution in [0.3, 0.4) is 0 Å². The number of hydrogen-bond acceptors (Lipinski definition) is 5. The van der Waals surface area contributed by atoms with Gasteiger partial charge in [0, 0.05) is 19.4 Å². The van der Waals surface area contributed by atoms with E-state index in [0.29, 0.717) is 19.8 Å². The highest BCUT2D eigenvalue weighted by Gasteiger charge is 2.60. The molecule has 0 amide bonds. The van der Waals surface area contributed by atoms with Crippen LogP contribution in [-0.2, 0) is 23.7 Å². The first kappa shape index (κ1) is 17.9. The molecule has 3 rings (SSSR count). The lowest BCUT2D eigenvalue weighted by Crippen LogP contribution is -2.45. The maximum absolute atomic E-state index is 12.7. The second kappa shape index (κ2) is 7.14. The molecule has 0 N–H and O–H groups in total. The van der Waals surface area contributed by atoms with E-state index < -0.39 is 0 Å². The zero-order chi connectivity index (χ0) is 17.2. The van der Waals surface area contributed by atoms with Crippen LogP contribution in [0, 0.1) is 22.7 Å². The summed E-state index contributed by atoms with van der Waals surface area (Å²) in [6.45, 7) is 6.53. The number of esters is 1. The molecule has 1 aliphatic heterocycles. The van der Waals surface area contributed by atoms with E-state index in [4.69, 9.17) is 18.9 Å². The minimum Gasteiger partial charge on any atom is -0.462 e. The molecule has 0 unspecified atom stereocenters. The minimum absolute atomic E-state index is 0.0102. The van der Waals surface area contributed by atoms with Crippen LogP contribution in [0.25, 0.3) is 0 Å². The SMILES string of the molecule is COCCOCOC[C@H]1C=C[C@H]2C(C)(C)CC[C@@H]3C[C@@]2(C1)C(=O)O3. The first-order valence-electron chi connectivity index (χ1n) is 9.02. The molecule has 2 fully saturated rings. The van der Waals surface area contributed by atoms with Crippen molar-refractivity contribution < 1.29 is 23.7 Å². The van der Waals surface area contributed by atoms with Crippen molar-refractivity contribution in [2.45, 2.75) is 45.6 Å². The molecule has 1 saturated carbocycles. The van der Waals surface area contributed by atoms with E-state index in [2.05, 4.69) is 26.0 Å². The molecular weight excluding hydrogens is 308 g/mol. The topological polar surface area (TPSA) is 54.0 Å². The molecule has 2 bridgehead atoms. The Kier molecular flexibility index (Phi) is 5.33. The second-order valence-electron chi connectivity index (χ2n) is 8.13. The van der Waals surface area contributed by atoms with E-state index in [1.807, 2.05) is 0 Å². The number of ether oxygens (including phenoxy) is 4. The van der Waals surface area contributed by atoms with Gasteiger partial charge in [0.15, 0.2) is 0 Å². The molecule has 1 saturated heterocycles. The molecule has 24 heavy (non-hydrogen) atoms. The molecule has 1 heterocycles. The number of carbonyl (C=O) groups is 1. The van der Waals surface area contributed by atoms with Gasteiger partial charge in [-0.05, 0) is 30.6 Å². The van der Waals surface area contributed by atoms with Crippen molar-refractivity contribution in [1.29, 1.82) is 0 Å². The summed E-state index contributed by atoms with van der Waals surface area (Å²) in [7, 11) is 1.65. The quantitative estimate of drug-likeness (QED) is 0.309. The highest BCUT2D eigenvalue weighted by Crippen LogP contribution is 2.59. The summed E-state index contributed by atoms with van der Waals surface area (Å²) in [4.78, 5) is 12.7. The van der Waals surface area contributed by atoms with Crippen molar-refractivity contribution in [3.63, 3.8) is 0 Å². The Labute approximate surface area is 144 Å². The van der Waals surface area contributed by atoms with E-state index in [0.717, 1.165) is 25.7 Å². The average Bonchev–Trinajstić information content (AvgIpc) is 2.78. The molecule has 3 aliphatic rings. The maximum atomic E-state index is 12.7. The number of methoxy groups -OCH3 is 1. The smallest absolute Gasteiger partial charge is 0.313 e. The standard InChI is InChI=1S/C19H30O5/c1-18(2)7-6-15-11-19(17(20)24-15)10-14(4-5-16(18)19)12-23-13-22-9-8-21-3/h4-5,14-16H,6-13H2,1-3H3/t14-,15+,16-,19+/m0/s1. The first-order valence-corrected chi connectivity index (χ1v) is 9.02. The van der Waals surface area contributed by atoms with Gasteiger partial charge in [-0.2, -0.15) is 0 Å². The Hall–Kier alpha value is -0.910. The molecule has 1 spiro atoms. The van der Waals surface area contributed by atoms with Gasteiger partial charge in [-0.25, -0.2) is 0 Å². The van der Waals surface area contributed by atoms with Crippen LogP contribution in [0.1, 0.15) is 39.5 Å². The number of carbonyl (C=O) groups excluding carboxylic acids is 1. The van der Waals surface area contributed by atoms with E-state index in [9.17, 15) is 4.79 Å². The van der Waals surface area contributed by atoms with Crippen LogP contribution >= 0.6 is 0 Å². The Bertz CT molecular complexity index is 486. The van der Waals surface area contributed by atoms with Crippen LogP contribution in [-0.4, -0.2) is 45.8 Å². The molecule has 4 atom stereocenters. The van der Waals surface area contributed by atoms with E-state index in [1.54, 1.807) is 7.11 Å². The van der Waals surface area contributed by atoms with Crippen molar-refractivity contribution >= 4 is 5.97 Å². The van der Waals surface area contributed by atoms with E-state index in [1.165, 1.54) is 0 Å². The van der Waals surface area contributed by atoms with E-state index in [-0.39, 0.29) is 41.5 Å². The predicted molar refractivity (Wildman–Crippen MR) is 89.3 cm³/mol. The van der Waals surface area contributed by atoms with Gasteiger partial charge >= 0.3 is 5.97 Å². The van der Waals surface area contributed by atoms with Gasteiger partial charge in [0.2, 0.25) is 0 Å². The van der Waals surface area contributed by atoms with Crippen LogP contribution in [0.4, 0.5) is 0 Å². The predicted octanol–water partition coefficient (Wildman–Crippen LogP) is 2.94. The number of rotatable bonds is 7. The van der Waals surface area contributed by atoms with Crippen molar-refractivity contribution in [2.24, 2.45) is 22.7 Å². The molecule has 0 radical (unpaired) electrons. The van der Waals surface area contributed by atoms with Crippen LogP contribution in [0.5, 0.6) is 0 Å². The van der Waals surface area contributed by atoms with Crippen molar-refractivity contribution in [3.8, 4) is 0 Å². The summed E-state index contributed by atoms with van der Waals surface area (Å²) >= 11 is 0. The summed E-state index contributed by atoms with van der Waals surface area (Å²) < 4.78 is 21.6. The third-order valence-electron chi connectivity index (χ3n) is 5.95. The lowest BCUT2D eigenvalue weighted by Gasteiger charge is -2.45. The lowest BCUT2D eigenvalue weighted by molar-refractivity contribution is -0.156. The summed E-state index contributed by atoms with van der Waals surface area (Å²) in [5, 5.41) is 0. The van der Waals surface area contributed by atoms with Gasteiger partial charge in [-0.1, -0.05) is 26.0 Å². The fourth-order valence-corrected chi connectivity index (χ4v) is 4.77. The van der Waals surface area contributed by atoms with Gasteiger partial charge in [0.05, 0.1) is 25.2 Å². The molecule has 0 aromatic carbocycles. The van der Waals surface area contributed by atoms with Gasteiger partial charge in [0.1, 0.15) is 12.9 Å². The molecule has 136 valence electrons. The third-order valence-corrected chi connectivity index (χ3v) is 5.95. The van der Waals surface area contributed by atoms with Crippen molar-refractivity contribution in [2.75, 3.05) is 33.7 Å². The number of hydrogen-bond donors (Lipinski definition) is 0. The normalized spacial score (nSPS) is 37.0. The van der Waals surface area contributed by atoms with Crippen molar-refractivity contribution in [1.82, 2.24) is 0 Å². The molecular formula is C19H30O5. The number of allylic oxidation sites excluding steroid dienone is 1. The van der Waals surface area contributed by atoms with Gasteiger partial charge in [-0.3, -0.25) is 4.79 Å². The monoisotopic (exact) mass is 338 g/mol. The van der Waals surface area contributed by atoms with Crippen LogP contribution < -0.4 is 0 Å². The molecule has 5 nitrogen and oxygen atoms in total. The van der Waals surface area contributed by atoms with Gasteiger partial charge in [-0.15, -0.1) is 0 Å². The average molecular weight is 338 g/mol. The summed E-state index contributed by atoms with van der Waals surface area (Å²) in [5.74, 6) is 0.516. The summed E-state index contributed by atoms with van der Waals surface area (Å²) in [6, 6.07) is 0. The Morgan fingerprint density at radius 1 is 1.21 bits per heavy atom. The zero-order valence-electron chi connectivity index (χ0n) is 15.1. The highest BCUT2D eigenvalue weighted by molar-refractivity contribution is 5.80. The number of fused-ring (bicyclic) bond motifs is 1. The fraction of sp³-hybridized carbons (Fsp3) is 0.842. The second-order valence-corrected chi connectivity index (χ2v) is 8.13. The fourth-order valence-electron chi connectivity index (χ4n) is 4.77. The van der Waals surface area contributed by atoms with Gasteiger partial charge < -0.3 is 18.9 Å². The Morgan fingerprint density at radius 3 is 2.83 bits per heavy atom. The third kappa shape index (κ3) is 3.39. The van der Waals surface area contributed by atoms with E-state index >= 15 is 0 Å². The molecule has 0 aromatic heterocycles. The summed E-state index contributed by atoms with van der Waals surface area (Å²) in [6.07, 6.45) is 8.38. The highest BCUT2D eigenvalue weighted by atomic mass is 16.7. The Balaban J connectivity index is 1.63. The van der Waals surface area contributed by atoms with Crippen LogP contribution in [0.15, 0.2) is 12.2 Å². The molecule has 5 heteroatoms. The largest absolute Gasteiger partial charge is 0.462 e. The molecule has 2 aliphatic carbocycles. The maximum Gasteiger partial charge on any atom is 0.313 e. The van der Waals surface area contributed by atoms with Gasteiger partial charge in [0.25, 0.3) is 0 Å². The first-order chi connectivity index (χ1) is 11.5.